The molecule has 2 amide bonds. The van der Waals surface area contributed by atoms with Gasteiger partial charge >= 0.3 is 0 Å². The van der Waals surface area contributed by atoms with Crippen LogP contribution in [0, 0.1) is 11.3 Å². The first-order valence-corrected chi connectivity index (χ1v) is 8.68. The first kappa shape index (κ1) is 18.8. The molecule has 0 atom stereocenters. The number of hydrogen-bond donors (Lipinski definition) is 2. The molecule has 0 spiro atoms. The molecule has 0 heterocycles. The standard InChI is InChI=1S/C22H18N4O2/c1-15(13-21(27)24-20-12-5-3-8-17(20)14-23)25-26-22(28)19-11-6-9-16-7-2-4-10-18(16)19/h2-12H,13H2,1H3,(H,24,27)(H,26,28)/b25-15-. The SMILES string of the molecule is C/C(CC(=O)Nc1ccccc1C#N)=N/NC(=O)c1cccc2ccccc12. The van der Waals surface area contributed by atoms with E-state index in [0.717, 1.165) is 10.8 Å². The fourth-order valence-corrected chi connectivity index (χ4v) is 2.79. The predicted octanol–water partition coefficient (Wildman–Crippen LogP) is 3.85. The molecule has 0 aliphatic heterocycles. The molecule has 3 rings (SSSR count). The summed E-state index contributed by atoms with van der Waals surface area (Å²) in [5, 5.41) is 17.6. The molecule has 138 valence electrons. The molecule has 0 aromatic heterocycles. The number of carbonyl (C=O) groups excluding carboxylic acids is 2. The monoisotopic (exact) mass is 370 g/mol. The van der Waals surface area contributed by atoms with Crippen LogP contribution < -0.4 is 10.7 Å². The molecule has 0 aliphatic carbocycles. The Morgan fingerprint density at radius 2 is 1.71 bits per heavy atom. The maximum absolute atomic E-state index is 12.5. The molecule has 0 aliphatic rings. The minimum absolute atomic E-state index is 0.00438. The fourth-order valence-electron chi connectivity index (χ4n) is 2.79. The number of fused-ring (bicyclic) bond motifs is 1. The molecular formula is C22H18N4O2. The van der Waals surface area contributed by atoms with Crippen molar-refractivity contribution in [2.24, 2.45) is 5.10 Å². The second-order valence-corrected chi connectivity index (χ2v) is 6.20. The van der Waals surface area contributed by atoms with Crippen LogP contribution in [0.3, 0.4) is 0 Å². The normalized spacial score (nSPS) is 10.9. The maximum atomic E-state index is 12.5. The van der Waals surface area contributed by atoms with Gasteiger partial charge in [0, 0.05) is 11.3 Å². The molecule has 0 bridgehead atoms. The van der Waals surface area contributed by atoms with Gasteiger partial charge in [-0.25, -0.2) is 5.43 Å². The Morgan fingerprint density at radius 3 is 2.54 bits per heavy atom. The molecule has 3 aromatic carbocycles. The zero-order chi connectivity index (χ0) is 19.9. The lowest BCUT2D eigenvalue weighted by Gasteiger charge is -2.08. The molecule has 2 N–H and O–H groups in total. The Hall–Kier alpha value is -3.98. The highest BCUT2D eigenvalue weighted by Crippen LogP contribution is 2.18. The van der Waals surface area contributed by atoms with Crippen LogP contribution in [0.15, 0.2) is 71.8 Å². The highest BCUT2D eigenvalue weighted by atomic mass is 16.2. The van der Waals surface area contributed by atoms with Gasteiger partial charge < -0.3 is 5.32 Å². The number of nitrogens with one attached hydrogen (secondary N) is 2. The van der Waals surface area contributed by atoms with Crippen LogP contribution in [0.1, 0.15) is 29.3 Å². The number of hydrogen-bond acceptors (Lipinski definition) is 4. The van der Waals surface area contributed by atoms with Gasteiger partial charge in [0.2, 0.25) is 5.91 Å². The van der Waals surface area contributed by atoms with E-state index in [-0.39, 0.29) is 18.2 Å². The predicted molar refractivity (Wildman–Crippen MR) is 109 cm³/mol. The minimum atomic E-state index is -0.341. The summed E-state index contributed by atoms with van der Waals surface area (Å²) < 4.78 is 0. The molecule has 0 saturated carbocycles. The summed E-state index contributed by atoms with van der Waals surface area (Å²) in [5.74, 6) is -0.658. The van der Waals surface area contributed by atoms with E-state index in [4.69, 9.17) is 5.26 Å². The van der Waals surface area contributed by atoms with E-state index in [0.29, 0.717) is 22.5 Å². The minimum Gasteiger partial charge on any atom is -0.325 e. The van der Waals surface area contributed by atoms with Crippen LogP contribution in [0.25, 0.3) is 10.8 Å². The number of hydrazone groups is 1. The summed E-state index contributed by atoms with van der Waals surface area (Å²) in [4.78, 5) is 24.6. The van der Waals surface area contributed by atoms with E-state index >= 15 is 0 Å². The van der Waals surface area contributed by atoms with Gasteiger partial charge in [-0.05, 0) is 35.9 Å². The van der Waals surface area contributed by atoms with E-state index < -0.39 is 0 Å². The van der Waals surface area contributed by atoms with Crippen molar-refractivity contribution in [3.63, 3.8) is 0 Å². The Labute approximate surface area is 162 Å². The van der Waals surface area contributed by atoms with Gasteiger partial charge in [0.05, 0.1) is 17.7 Å². The van der Waals surface area contributed by atoms with Crippen LogP contribution in [-0.4, -0.2) is 17.5 Å². The lowest BCUT2D eigenvalue weighted by Crippen LogP contribution is -2.21. The number of nitrogens with zero attached hydrogens (tertiary/aromatic N) is 2. The van der Waals surface area contributed by atoms with Gasteiger partial charge in [-0.1, -0.05) is 48.5 Å². The van der Waals surface area contributed by atoms with Crippen molar-refractivity contribution in [1.29, 1.82) is 5.26 Å². The Kier molecular flexibility index (Phi) is 5.78. The summed E-state index contributed by atoms with van der Waals surface area (Å²) in [5.41, 5.74) is 4.29. The second kappa shape index (κ2) is 8.60. The van der Waals surface area contributed by atoms with E-state index in [1.165, 1.54) is 0 Å². The van der Waals surface area contributed by atoms with Gasteiger partial charge in [-0.3, -0.25) is 9.59 Å². The number of benzene rings is 3. The molecule has 28 heavy (non-hydrogen) atoms. The van der Waals surface area contributed by atoms with Crippen LogP contribution in [-0.2, 0) is 4.79 Å². The van der Waals surface area contributed by atoms with Gasteiger partial charge in [-0.2, -0.15) is 10.4 Å². The van der Waals surface area contributed by atoms with Crippen LogP contribution >= 0.6 is 0 Å². The molecule has 0 fully saturated rings. The molecule has 0 radical (unpaired) electrons. The van der Waals surface area contributed by atoms with Crippen LogP contribution in [0.4, 0.5) is 5.69 Å². The highest BCUT2D eigenvalue weighted by molar-refractivity contribution is 6.09. The number of rotatable bonds is 5. The van der Waals surface area contributed by atoms with Crippen molar-refractivity contribution in [1.82, 2.24) is 5.43 Å². The van der Waals surface area contributed by atoms with Crippen LogP contribution in [0.2, 0.25) is 0 Å². The third-order valence-corrected chi connectivity index (χ3v) is 4.12. The summed E-state index contributed by atoms with van der Waals surface area (Å²) in [6.07, 6.45) is -0.00438. The van der Waals surface area contributed by atoms with E-state index in [1.54, 1.807) is 37.3 Å². The van der Waals surface area contributed by atoms with E-state index in [1.807, 2.05) is 42.5 Å². The first-order chi connectivity index (χ1) is 13.6. The topological polar surface area (TPSA) is 94.3 Å². The fraction of sp³-hybridized carbons (Fsp3) is 0.0909. The zero-order valence-corrected chi connectivity index (χ0v) is 15.3. The summed E-state index contributed by atoms with van der Waals surface area (Å²) in [7, 11) is 0. The third kappa shape index (κ3) is 4.40. The van der Waals surface area contributed by atoms with Crippen molar-refractivity contribution in [2.75, 3.05) is 5.32 Å². The number of para-hydroxylation sites is 1. The van der Waals surface area contributed by atoms with E-state index in [2.05, 4.69) is 15.8 Å². The third-order valence-electron chi connectivity index (χ3n) is 4.12. The quantitative estimate of drug-likeness (QED) is 0.528. The molecule has 0 unspecified atom stereocenters. The lowest BCUT2D eigenvalue weighted by atomic mass is 10.0. The number of nitriles is 1. The van der Waals surface area contributed by atoms with Crippen molar-refractivity contribution < 1.29 is 9.59 Å². The van der Waals surface area contributed by atoms with Crippen molar-refractivity contribution in [2.45, 2.75) is 13.3 Å². The smallest absolute Gasteiger partial charge is 0.271 e. The average Bonchev–Trinajstić information content (AvgIpc) is 2.72. The van der Waals surface area contributed by atoms with Gasteiger partial charge in [0.25, 0.3) is 5.91 Å². The summed E-state index contributed by atoms with van der Waals surface area (Å²) in [6.45, 7) is 1.65. The molecule has 0 saturated heterocycles. The molecular weight excluding hydrogens is 352 g/mol. The van der Waals surface area contributed by atoms with E-state index in [9.17, 15) is 9.59 Å². The largest absolute Gasteiger partial charge is 0.325 e. The van der Waals surface area contributed by atoms with Crippen molar-refractivity contribution >= 4 is 34.0 Å². The van der Waals surface area contributed by atoms with Gasteiger partial charge in [0.1, 0.15) is 6.07 Å². The Balaban J connectivity index is 1.64. The maximum Gasteiger partial charge on any atom is 0.271 e. The number of anilines is 1. The number of carbonyl (C=O) groups is 2. The number of amides is 2. The lowest BCUT2D eigenvalue weighted by molar-refractivity contribution is -0.115. The molecule has 3 aromatic rings. The zero-order valence-electron chi connectivity index (χ0n) is 15.3. The van der Waals surface area contributed by atoms with Crippen molar-refractivity contribution in [3.8, 4) is 6.07 Å². The average molecular weight is 370 g/mol. The van der Waals surface area contributed by atoms with Gasteiger partial charge in [-0.15, -0.1) is 0 Å². The molecule has 6 heteroatoms. The first-order valence-electron chi connectivity index (χ1n) is 8.68. The summed E-state index contributed by atoms with van der Waals surface area (Å²) >= 11 is 0. The summed E-state index contributed by atoms with van der Waals surface area (Å²) in [6, 6.07) is 21.8. The van der Waals surface area contributed by atoms with Crippen molar-refractivity contribution in [3.05, 3.63) is 77.9 Å². The second-order valence-electron chi connectivity index (χ2n) is 6.20. The van der Waals surface area contributed by atoms with Gasteiger partial charge in [0.15, 0.2) is 0 Å². The highest BCUT2D eigenvalue weighted by Gasteiger charge is 2.11. The van der Waals surface area contributed by atoms with Crippen LogP contribution in [0.5, 0.6) is 0 Å². The Bertz CT molecular complexity index is 1110. The molecule has 6 nitrogen and oxygen atoms in total. The Morgan fingerprint density at radius 1 is 1.00 bits per heavy atom.